The van der Waals surface area contributed by atoms with Gasteiger partial charge in [0.05, 0.1) is 52.6 Å². The van der Waals surface area contributed by atoms with Gasteiger partial charge in [0.25, 0.3) is 0 Å². The maximum Gasteiger partial charge on any atom is 1.00 e. The predicted molar refractivity (Wildman–Crippen MR) is 346 cm³/mol. The minimum atomic E-state index is -1.44. The summed E-state index contributed by atoms with van der Waals surface area (Å²) in [6.45, 7) is 6.74. The van der Waals surface area contributed by atoms with E-state index < -0.39 is 53.7 Å². The molecule has 0 atom stereocenters. The molecule has 0 saturated heterocycles. The molecular weight excluding hydrogens is 1590 g/mol. The number of esters is 6. The summed E-state index contributed by atoms with van der Waals surface area (Å²) in [6, 6.07) is 60.6. The number of aromatic carboxylic acids is 5. The molecule has 2 heterocycles. The SMILES string of the molecule is CCCOC(=O)c1ccc(C(=O)OCCC)cc1.Cc1ccc(-c2cc(-c3cc[c-]cc3)cc(-c3ccc(C(=O)[O-])cc3)c2)cc1.O=C([O-])c1c[c-]cc(C(=O)[O-])c1.O=C([O-])c1ccc(C(=O)[O-])c2[c-]cc[c-]c12.O=C1OC(=O)c2ccc3c4c(ccc1c24)C(=O)OC3=O.O=C=O.O=C=O.O=C=O.O=C=O.[Na+].[Na+].[Na+].[Na+].[Na+].[Na+].[Na+].[Na+].[Na+]. The van der Waals surface area contributed by atoms with Gasteiger partial charge in [0.2, 0.25) is 0 Å². The molecule has 115 heavy (non-hydrogen) atoms. The van der Waals surface area contributed by atoms with Crippen molar-refractivity contribution in [3.63, 3.8) is 0 Å². The minimum absolute atomic E-state index is 0. The predicted octanol–water partition coefficient (Wildman–Crippen LogP) is -22.5. The topological polar surface area (TPSA) is 477 Å². The third-order valence-electron chi connectivity index (χ3n) is 13.9. The van der Waals surface area contributed by atoms with E-state index in [0.717, 1.165) is 76.6 Å². The van der Waals surface area contributed by atoms with Gasteiger partial charge in [-0.1, -0.05) is 67.9 Å². The van der Waals surface area contributed by atoms with Crippen LogP contribution < -0.4 is 292 Å². The normalized spacial score (nSPS) is 9.63. The molecule has 0 saturated carbocycles. The summed E-state index contributed by atoms with van der Waals surface area (Å²) in [6.07, 6.45) is 2.57. The monoisotopic (exact) mass is 1640 g/mol. The Kier molecular flexibility index (Phi) is 66.4. The molecule has 0 fully saturated rings. The van der Waals surface area contributed by atoms with Crippen LogP contribution in [0.15, 0.2) is 182 Å². The molecule has 0 aromatic heterocycles. The zero-order valence-corrected chi connectivity index (χ0v) is 82.1. The van der Waals surface area contributed by atoms with Gasteiger partial charge in [-0.2, -0.15) is 93.0 Å². The van der Waals surface area contributed by atoms with Crippen molar-refractivity contribution < 1.29 is 402 Å². The molecule has 0 radical (unpaired) electrons. The number of cyclic esters (lactones) is 4. The number of carbonyl (C=O) groups is 11. The smallest absolute Gasteiger partial charge is 0.559 e. The molecule has 0 N–H and O–H groups in total. The fourth-order valence-corrected chi connectivity index (χ4v) is 9.32. The van der Waals surface area contributed by atoms with Crippen LogP contribution in [0.2, 0.25) is 0 Å². The number of benzene rings is 10. The Morgan fingerprint density at radius 3 is 0.896 bits per heavy atom. The van der Waals surface area contributed by atoms with Crippen LogP contribution in [-0.2, 0) is 57.3 Å². The number of fused-ring (bicyclic) bond motifs is 1. The van der Waals surface area contributed by atoms with Gasteiger partial charge in [0, 0.05) is 34.6 Å². The van der Waals surface area contributed by atoms with Crippen molar-refractivity contribution in [2.45, 2.75) is 33.6 Å². The molecule has 536 valence electrons. The molecule has 0 spiro atoms. The Morgan fingerprint density at radius 1 is 0.339 bits per heavy atom. The quantitative estimate of drug-likeness (QED) is 0.0321. The third-order valence-corrected chi connectivity index (χ3v) is 13.9. The zero-order valence-electron chi connectivity index (χ0n) is 64.1. The number of carbonyl (C=O) groups excluding carboxylic acids is 19. The summed E-state index contributed by atoms with van der Waals surface area (Å²) in [5.41, 5.74) is 8.68. The summed E-state index contributed by atoms with van der Waals surface area (Å²) in [5, 5.41) is 53.9. The molecule has 28 nitrogen and oxygen atoms in total. The number of hydrogen-bond acceptors (Lipinski definition) is 28. The van der Waals surface area contributed by atoms with Gasteiger partial charge >= 0.3 is 326 Å². The molecule has 2 aliphatic rings. The fraction of sp³-hybridized carbons (Fsp3) is 0.0897. The van der Waals surface area contributed by atoms with Crippen molar-refractivity contribution in [2.24, 2.45) is 0 Å². The van der Waals surface area contributed by atoms with Gasteiger partial charge in [-0.15, -0.1) is 39.9 Å². The van der Waals surface area contributed by atoms with E-state index in [0.29, 0.717) is 24.3 Å². The summed E-state index contributed by atoms with van der Waals surface area (Å²) < 4.78 is 19.2. The molecular formula is C78H47Na9O28. The first kappa shape index (κ1) is 120. The zero-order chi connectivity index (χ0) is 78.6. The van der Waals surface area contributed by atoms with Gasteiger partial charge in [-0.05, 0) is 120 Å². The second-order valence-corrected chi connectivity index (χ2v) is 20.6. The summed E-state index contributed by atoms with van der Waals surface area (Å²) in [5.74, 6) is -10.7. The second kappa shape index (κ2) is 63.8. The number of carboxylic acid groups (broad SMARTS) is 5. The summed E-state index contributed by atoms with van der Waals surface area (Å²) in [4.78, 5) is 188. The Morgan fingerprint density at radius 2 is 0.617 bits per heavy atom. The fourth-order valence-electron chi connectivity index (χ4n) is 9.32. The molecule has 37 heteroatoms. The van der Waals surface area contributed by atoms with E-state index in [4.69, 9.17) is 47.8 Å². The Labute approximate surface area is 853 Å². The van der Waals surface area contributed by atoms with Crippen LogP contribution in [0, 0.1) is 31.2 Å². The van der Waals surface area contributed by atoms with E-state index in [9.17, 15) is 78.3 Å². The average Bonchev–Trinajstić information content (AvgIpc) is 0.726. The van der Waals surface area contributed by atoms with Crippen LogP contribution in [0.5, 0.6) is 0 Å². The van der Waals surface area contributed by atoms with Crippen molar-refractivity contribution in [2.75, 3.05) is 13.2 Å². The van der Waals surface area contributed by atoms with E-state index in [-0.39, 0.29) is 374 Å². The number of hydrogen-bond donors (Lipinski definition) is 0. The molecule has 12 rings (SSSR count). The van der Waals surface area contributed by atoms with E-state index in [1.54, 1.807) is 36.4 Å². The van der Waals surface area contributed by atoms with Crippen LogP contribution in [0.4, 0.5) is 0 Å². The Balaban J connectivity index is -0.000000312. The first-order chi connectivity index (χ1) is 50.7. The standard InChI is InChI=1S/C26H19O2.C14H4O6.C14H18O4.C12H6O4.C8H5O4.4CO2.9Na/c1-18-7-9-20(10-8-18)24-15-23(19-5-3-2-4-6-19)16-25(17-24)21-11-13-22(14-12-21)26(27)28;15-11-5-1-2-6-10-8(14(18)20-12(6)16)4-3-7(9(5)10)13(17)19-11;1-3-9-17-13(15)11-5-7-12(8-6-11)14(16)18-10-4-2;13-11(14)9-5-6-10(12(15)16)8-4-2-1-3-7(8)9;9-7(10)5-2-1-3-6(4-5)8(11)12;4*2-1-3;;;;;;;;;/h3-17H,1H3,(H,27,28);1-4H;5-8H,3-4,9-10H2,1-2H3;1-2,5-6H,(H,13,14)(H,15,16);2-4H,(H,9,10)(H,11,12);;;;;;;;;;;;;/q-1;;;-2;-1;;;;;9*+1/p-5. The molecule has 0 amide bonds. The van der Waals surface area contributed by atoms with Crippen molar-refractivity contribution in [3.8, 4) is 33.4 Å². The van der Waals surface area contributed by atoms with Crippen LogP contribution in [0.3, 0.4) is 0 Å². The van der Waals surface area contributed by atoms with Gasteiger partial charge in [-0.25, -0.2) is 63.8 Å². The number of rotatable bonds is 14. The number of ether oxygens (including phenoxy) is 4. The van der Waals surface area contributed by atoms with E-state index >= 15 is 0 Å². The second-order valence-electron chi connectivity index (χ2n) is 20.6. The van der Waals surface area contributed by atoms with Crippen molar-refractivity contribution >= 4 is 112 Å². The van der Waals surface area contributed by atoms with Crippen LogP contribution >= 0.6 is 0 Å². The molecule has 10 aromatic rings. The van der Waals surface area contributed by atoms with Crippen LogP contribution in [0.1, 0.15) is 146 Å². The van der Waals surface area contributed by atoms with Crippen molar-refractivity contribution in [1.82, 2.24) is 0 Å². The van der Waals surface area contributed by atoms with Crippen molar-refractivity contribution in [3.05, 3.63) is 273 Å². The minimum Gasteiger partial charge on any atom is -0.559 e. The van der Waals surface area contributed by atoms with Crippen molar-refractivity contribution in [1.29, 1.82) is 0 Å². The maximum atomic E-state index is 11.7. The van der Waals surface area contributed by atoms with Gasteiger partial charge in [0.1, 0.15) is 0 Å². The Bertz CT molecular complexity index is 4790. The van der Waals surface area contributed by atoms with Gasteiger partial charge in [-0.3, -0.25) is 0 Å². The largest absolute Gasteiger partial charge is 1.00 e. The molecule has 0 aliphatic carbocycles. The van der Waals surface area contributed by atoms with E-state index in [1.807, 2.05) is 50.2 Å². The third kappa shape index (κ3) is 37.3. The molecule has 2 aliphatic heterocycles. The van der Waals surface area contributed by atoms with Gasteiger partial charge in [0.15, 0.2) is 0 Å². The number of aryl methyl sites for hydroxylation is 1. The van der Waals surface area contributed by atoms with Crippen LogP contribution in [-0.4, -0.2) is 103 Å². The van der Waals surface area contributed by atoms with Gasteiger partial charge < -0.3 is 68.5 Å². The molecule has 0 unspecified atom stereocenters. The van der Waals surface area contributed by atoms with Crippen LogP contribution in [0.25, 0.3) is 54.9 Å². The first-order valence-electron chi connectivity index (χ1n) is 30.0. The average molecular weight is 1640 g/mol. The number of carboxylic acids is 5. The summed E-state index contributed by atoms with van der Waals surface area (Å²) >= 11 is 0. The molecule has 0 bridgehead atoms. The van der Waals surface area contributed by atoms with E-state index in [1.165, 1.54) is 42.0 Å². The van der Waals surface area contributed by atoms with E-state index in [2.05, 4.69) is 83.1 Å². The summed E-state index contributed by atoms with van der Waals surface area (Å²) in [7, 11) is 0. The first-order valence-corrected chi connectivity index (χ1v) is 30.0. The maximum absolute atomic E-state index is 11.7. The molecule has 10 aromatic carbocycles. The Hall–Kier alpha value is -6.19.